The smallest absolute Gasteiger partial charge is 0.238 e. The van der Waals surface area contributed by atoms with Crippen molar-refractivity contribution in [1.82, 2.24) is 5.32 Å². The molecule has 3 heteroatoms. The van der Waals surface area contributed by atoms with Crippen LogP contribution in [-0.2, 0) is 4.79 Å². The zero-order chi connectivity index (χ0) is 9.42. The Morgan fingerprint density at radius 3 is 2.08 bits per heavy atom. The maximum absolute atomic E-state index is 11.4. The Balaban J connectivity index is 1.85. The number of nitrogens with one attached hydrogen (secondary N) is 1. The number of rotatable bonds is 4. The van der Waals surface area contributed by atoms with Crippen molar-refractivity contribution in [3.05, 3.63) is 0 Å². The molecule has 74 valence electrons. The summed E-state index contributed by atoms with van der Waals surface area (Å²) in [6.07, 6.45) is 5.16. The lowest BCUT2D eigenvalue weighted by Crippen LogP contribution is -2.41. The number of alkyl halides is 1. The second-order valence-corrected chi connectivity index (χ2v) is 4.98. The van der Waals surface area contributed by atoms with Crippen LogP contribution in [0.2, 0.25) is 0 Å². The van der Waals surface area contributed by atoms with Gasteiger partial charge in [-0.15, -0.1) is 11.6 Å². The minimum absolute atomic E-state index is 0.00506. The topological polar surface area (TPSA) is 29.1 Å². The first kappa shape index (κ1) is 9.32. The van der Waals surface area contributed by atoms with E-state index in [9.17, 15) is 4.79 Å². The van der Waals surface area contributed by atoms with Gasteiger partial charge in [-0.05, 0) is 44.4 Å². The van der Waals surface area contributed by atoms with Crippen molar-refractivity contribution < 1.29 is 4.79 Å². The summed E-state index contributed by atoms with van der Waals surface area (Å²) < 4.78 is 0. The molecule has 2 saturated carbocycles. The molecule has 0 aliphatic heterocycles. The third kappa shape index (κ3) is 2.37. The molecule has 0 spiro atoms. The Morgan fingerprint density at radius 1 is 1.31 bits per heavy atom. The normalized spacial score (nSPS) is 24.5. The fraction of sp³-hybridized carbons (Fsp3) is 0.900. The molecule has 1 amide bonds. The molecule has 0 heterocycles. The van der Waals surface area contributed by atoms with Crippen molar-refractivity contribution in [2.24, 2.45) is 11.8 Å². The van der Waals surface area contributed by atoms with Gasteiger partial charge in [0.25, 0.3) is 0 Å². The minimum Gasteiger partial charge on any atom is -0.352 e. The molecule has 2 nitrogen and oxygen atoms in total. The van der Waals surface area contributed by atoms with E-state index in [4.69, 9.17) is 11.6 Å². The first-order chi connectivity index (χ1) is 6.18. The summed E-state index contributed by atoms with van der Waals surface area (Å²) in [5, 5.41) is 2.68. The average molecular weight is 202 g/mol. The van der Waals surface area contributed by atoms with E-state index in [1.54, 1.807) is 6.92 Å². The zero-order valence-corrected chi connectivity index (χ0v) is 8.68. The fourth-order valence-electron chi connectivity index (χ4n) is 1.81. The fourth-order valence-corrected chi connectivity index (χ4v) is 1.87. The molecule has 1 unspecified atom stereocenters. The predicted octanol–water partition coefficient (Wildman–Crippen LogP) is 1.92. The molecule has 1 N–H and O–H groups in total. The second kappa shape index (κ2) is 3.49. The zero-order valence-electron chi connectivity index (χ0n) is 7.92. The molecule has 2 aliphatic carbocycles. The van der Waals surface area contributed by atoms with Gasteiger partial charge in [0.05, 0.1) is 0 Å². The van der Waals surface area contributed by atoms with Crippen molar-refractivity contribution in [1.29, 1.82) is 0 Å². The number of hydrogen-bond donors (Lipinski definition) is 1. The van der Waals surface area contributed by atoms with Crippen LogP contribution in [0.15, 0.2) is 0 Å². The summed E-state index contributed by atoms with van der Waals surface area (Å²) in [6, 6.07) is 0.439. The van der Waals surface area contributed by atoms with Crippen LogP contribution >= 0.6 is 11.6 Å². The molecular formula is C10H16ClNO. The average Bonchev–Trinajstić information content (AvgIpc) is 2.90. The van der Waals surface area contributed by atoms with Gasteiger partial charge in [-0.25, -0.2) is 0 Å². The molecule has 13 heavy (non-hydrogen) atoms. The molecule has 0 aromatic rings. The van der Waals surface area contributed by atoms with Crippen molar-refractivity contribution in [3.63, 3.8) is 0 Å². The highest BCUT2D eigenvalue weighted by atomic mass is 35.5. The van der Waals surface area contributed by atoms with Gasteiger partial charge in [-0.1, -0.05) is 0 Å². The van der Waals surface area contributed by atoms with Crippen LogP contribution in [0, 0.1) is 11.8 Å². The lowest BCUT2D eigenvalue weighted by atomic mass is 10.1. The lowest BCUT2D eigenvalue weighted by Gasteiger charge is -2.18. The largest absolute Gasteiger partial charge is 0.352 e. The van der Waals surface area contributed by atoms with Crippen LogP contribution < -0.4 is 5.32 Å². The van der Waals surface area contributed by atoms with Gasteiger partial charge < -0.3 is 5.32 Å². The molecule has 2 rings (SSSR count). The van der Waals surface area contributed by atoms with Gasteiger partial charge >= 0.3 is 0 Å². The van der Waals surface area contributed by atoms with Gasteiger partial charge in [0, 0.05) is 6.04 Å². The summed E-state index contributed by atoms with van der Waals surface area (Å²) in [5.41, 5.74) is 0. The quantitative estimate of drug-likeness (QED) is 0.692. The van der Waals surface area contributed by atoms with Crippen LogP contribution in [0.5, 0.6) is 0 Å². The molecule has 0 radical (unpaired) electrons. The van der Waals surface area contributed by atoms with Crippen LogP contribution in [0.3, 0.4) is 0 Å². The summed E-state index contributed by atoms with van der Waals surface area (Å²) in [6.45, 7) is 1.73. The van der Waals surface area contributed by atoms with Gasteiger partial charge in [0.2, 0.25) is 5.91 Å². The number of amides is 1. The Morgan fingerprint density at radius 2 is 1.77 bits per heavy atom. The van der Waals surface area contributed by atoms with E-state index in [0.717, 1.165) is 11.8 Å². The summed E-state index contributed by atoms with van der Waals surface area (Å²) in [5.74, 6) is 1.52. The van der Waals surface area contributed by atoms with Gasteiger partial charge in [-0.3, -0.25) is 4.79 Å². The Labute approximate surface area is 84.0 Å². The molecule has 0 aromatic carbocycles. The third-order valence-corrected chi connectivity index (χ3v) is 3.13. The van der Waals surface area contributed by atoms with Crippen molar-refractivity contribution in [3.8, 4) is 0 Å². The second-order valence-electron chi connectivity index (χ2n) is 4.33. The lowest BCUT2D eigenvalue weighted by molar-refractivity contribution is -0.121. The monoisotopic (exact) mass is 201 g/mol. The van der Waals surface area contributed by atoms with E-state index < -0.39 is 0 Å². The Hall–Kier alpha value is -0.240. The van der Waals surface area contributed by atoms with E-state index >= 15 is 0 Å². The number of halogens is 1. The third-order valence-electron chi connectivity index (χ3n) is 2.93. The molecule has 2 fully saturated rings. The van der Waals surface area contributed by atoms with Crippen molar-refractivity contribution in [2.75, 3.05) is 0 Å². The molecule has 0 aromatic heterocycles. The maximum Gasteiger partial charge on any atom is 0.238 e. The molecule has 1 atom stereocenters. The Kier molecular flexibility index (Phi) is 2.50. The van der Waals surface area contributed by atoms with E-state index in [1.165, 1.54) is 25.7 Å². The summed E-state index contributed by atoms with van der Waals surface area (Å²) >= 11 is 5.71. The standard InChI is InChI=1S/C10H16ClNO/c1-6(11)10(13)12-9(7-2-3-7)8-4-5-8/h6-9H,2-5H2,1H3,(H,12,13). The highest BCUT2D eigenvalue weighted by Gasteiger charge is 2.42. The van der Waals surface area contributed by atoms with Crippen LogP contribution in [0.25, 0.3) is 0 Å². The first-order valence-electron chi connectivity index (χ1n) is 5.13. The molecule has 0 saturated heterocycles. The maximum atomic E-state index is 11.4. The van der Waals surface area contributed by atoms with Crippen LogP contribution in [0.4, 0.5) is 0 Å². The number of carbonyl (C=O) groups excluding carboxylic acids is 1. The van der Waals surface area contributed by atoms with Crippen LogP contribution in [0.1, 0.15) is 32.6 Å². The summed E-state index contributed by atoms with van der Waals surface area (Å²) in [7, 11) is 0. The first-order valence-corrected chi connectivity index (χ1v) is 5.56. The minimum atomic E-state index is -0.389. The van der Waals surface area contributed by atoms with Gasteiger partial charge in [-0.2, -0.15) is 0 Å². The predicted molar refractivity (Wildman–Crippen MR) is 52.7 cm³/mol. The van der Waals surface area contributed by atoms with E-state index in [2.05, 4.69) is 5.32 Å². The Bertz CT molecular complexity index is 197. The SMILES string of the molecule is CC(Cl)C(=O)NC(C1CC1)C1CC1. The highest BCUT2D eigenvalue weighted by Crippen LogP contribution is 2.44. The number of carbonyl (C=O) groups is 1. The molecule has 0 bridgehead atoms. The van der Waals surface area contributed by atoms with Crippen molar-refractivity contribution in [2.45, 2.75) is 44.0 Å². The highest BCUT2D eigenvalue weighted by molar-refractivity contribution is 6.30. The van der Waals surface area contributed by atoms with Crippen LogP contribution in [-0.4, -0.2) is 17.3 Å². The number of hydrogen-bond acceptors (Lipinski definition) is 1. The van der Waals surface area contributed by atoms with E-state index in [1.807, 2.05) is 0 Å². The van der Waals surface area contributed by atoms with E-state index in [-0.39, 0.29) is 11.3 Å². The molecule has 2 aliphatic rings. The van der Waals surface area contributed by atoms with Crippen molar-refractivity contribution >= 4 is 17.5 Å². The molecular weight excluding hydrogens is 186 g/mol. The van der Waals surface area contributed by atoms with E-state index in [0.29, 0.717) is 6.04 Å². The van der Waals surface area contributed by atoms with Gasteiger partial charge in [0.1, 0.15) is 5.38 Å². The van der Waals surface area contributed by atoms with Gasteiger partial charge in [0.15, 0.2) is 0 Å². The summed E-state index contributed by atoms with van der Waals surface area (Å²) in [4.78, 5) is 11.4.